The van der Waals surface area contributed by atoms with E-state index in [1.165, 1.54) is 30.3 Å². The van der Waals surface area contributed by atoms with E-state index in [0.29, 0.717) is 13.1 Å². The van der Waals surface area contributed by atoms with Crippen molar-refractivity contribution in [2.75, 3.05) is 31.9 Å². The van der Waals surface area contributed by atoms with E-state index in [0.717, 1.165) is 25.0 Å². The molecule has 6 nitrogen and oxygen atoms in total. The number of rotatable bonds is 5. The molecule has 0 radical (unpaired) electrons. The smallest absolute Gasteiger partial charge is 0.261 e. The van der Waals surface area contributed by atoms with Crippen LogP contribution in [0.2, 0.25) is 5.02 Å². The van der Waals surface area contributed by atoms with E-state index >= 15 is 0 Å². The molecule has 1 aliphatic heterocycles. The molecule has 3 rings (SSSR count). The van der Waals surface area contributed by atoms with Gasteiger partial charge in [-0.25, -0.2) is 12.8 Å². The predicted octanol–water partition coefficient (Wildman–Crippen LogP) is 3.45. The van der Waals surface area contributed by atoms with Crippen molar-refractivity contribution < 1.29 is 17.6 Å². The molecule has 1 N–H and O–H groups in total. The minimum atomic E-state index is -3.96. The van der Waals surface area contributed by atoms with Crippen molar-refractivity contribution >= 4 is 33.2 Å². The number of nitrogens with zero attached hydrogens (tertiary/aromatic N) is 2. The summed E-state index contributed by atoms with van der Waals surface area (Å²) >= 11 is 6.22. The molecule has 0 aliphatic carbocycles. The molecule has 1 saturated heterocycles. The van der Waals surface area contributed by atoms with Crippen LogP contribution in [0.25, 0.3) is 0 Å². The molecule has 156 valence electrons. The van der Waals surface area contributed by atoms with E-state index in [4.69, 9.17) is 11.6 Å². The molecule has 1 unspecified atom stereocenters. The number of piperidine rings is 1. The van der Waals surface area contributed by atoms with Gasteiger partial charge in [-0.2, -0.15) is 0 Å². The van der Waals surface area contributed by atoms with Crippen LogP contribution < -0.4 is 4.72 Å². The number of hydrogen-bond donors (Lipinski definition) is 1. The van der Waals surface area contributed by atoms with Crippen molar-refractivity contribution in [2.45, 2.75) is 23.8 Å². The fraction of sp³-hybridized carbons (Fsp3) is 0.350. The standard InChI is InChI=1S/C20H23ClFN3O3S/c1-24(2)16-4-3-11-25(13-16)20(26)18-12-17(9-10-19(18)21)29(27,28)23-15-7-5-14(22)6-8-15/h5-10,12,16,23H,3-4,11,13H2,1-2H3. The molecule has 0 saturated carbocycles. The van der Waals surface area contributed by atoms with Gasteiger partial charge in [-0.1, -0.05) is 11.6 Å². The van der Waals surface area contributed by atoms with Gasteiger partial charge in [0, 0.05) is 24.8 Å². The Labute approximate surface area is 175 Å². The van der Waals surface area contributed by atoms with E-state index in [9.17, 15) is 17.6 Å². The summed E-state index contributed by atoms with van der Waals surface area (Å²) in [5.41, 5.74) is 0.368. The third kappa shape index (κ3) is 5.07. The largest absolute Gasteiger partial charge is 0.337 e. The van der Waals surface area contributed by atoms with E-state index in [-0.39, 0.29) is 33.1 Å². The fourth-order valence-electron chi connectivity index (χ4n) is 3.30. The Morgan fingerprint density at radius 1 is 1.21 bits per heavy atom. The summed E-state index contributed by atoms with van der Waals surface area (Å²) in [5.74, 6) is -0.759. The highest BCUT2D eigenvalue weighted by Crippen LogP contribution is 2.25. The number of nitrogens with one attached hydrogen (secondary N) is 1. The second kappa shape index (κ2) is 8.69. The molecule has 1 aliphatic rings. The zero-order valence-corrected chi connectivity index (χ0v) is 17.8. The van der Waals surface area contributed by atoms with Crippen LogP contribution in [0.5, 0.6) is 0 Å². The van der Waals surface area contributed by atoms with Crippen LogP contribution in [0.4, 0.5) is 10.1 Å². The summed E-state index contributed by atoms with van der Waals surface area (Å²) in [6, 6.07) is 9.24. The summed E-state index contributed by atoms with van der Waals surface area (Å²) in [6.07, 6.45) is 1.87. The summed E-state index contributed by atoms with van der Waals surface area (Å²) in [7, 11) is -0.0196. The van der Waals surface area contributed by atoms with Crippen molar-refractivity contribution in [1.29, 1.82) is 0 Å². The Hall–Kier alpha value is -2.16. The van der Waals surface area contributed by atoms with Crippen molar-refractivity contribution in [1.82, 2.24) is 9.80 Å². The molecule has 1 heterocycles. The number of likely N-dealkylation sites (tertiary alicyclic amines) is 1. The average molecular weight is 440 g/mol. The lowest BCUT2D eigenvalue weighted by Gasteiger charge is -2.36. The lowest BCUT2D eigenvalue weighted by Crippen LogP contribution is -2.47. The monoisotopic (exact) mass is 439 g/mol. The molecule has 1 fully saturated rings. The third-order valence-electron chi connectivity index (χ3n) is 4.99. The minimum absolute atomic E-state index is 0.0873. The Balaban J connectivity index is 1.85. The molecule has 1 atom stereocenters. The van der Waals surface area contributed by atoms with Gasteiger partial charge in [0.2, 0.25) is 0 Å². The van der Waals surface area contributed by atoms with E-state index in [1.807, 2.05) is 14.1 Å². The van der Waals surface area contributed by atoms with Crippen molar-refractivity contribution in [3.63, 3.8) is 0 Å². The average Bonchev–Trinajstić information content (AvgIpc) is 2.69. The van der Waals surface area contributed by atoms with Crippen LogP contribution >= 0.6 is 11.6 Å². The molecule has 29 heavy (non-hydrogen) atoms. The highest BCUT2D eigenvalue weighted by Gasteiger charge is 2.28. The quantitative estimate of drug-likeness (QED) is 0.774. The summed E-state index contributed by atoms with van der Waals surface area (Å²) in [6.45, 7) is 1.16. The number of anilines is 1. The van der Waals surface area contributed by atoms with Gasteiger partial charge in [-0.3, -0.25) is 9.52 Å². The number of benzene rings is 2. The molecule has 0 bridgehead atoms. The van der Waals surface area contributed by atoms with E-state index < -0.39 is 15.8 Å². The van der Waals surface area contributed by atoms with Crippen LogP contribution in [0.1, 0.15) is 23.2 Å². The first-order valence-electron chi connectivity index (χ1n) is 9.21. The number of amides is 1. The van der Waals surface area contributed by atoms with E-state index in [1.54, 1.807) is 4.90 Å². The molecule has 0 aromatic heterocycles. The van der Waals surface area contributed by atoms with Crippen molar-refractivity contribution in [3.8, 4) is 0 Å². The topological polar surface area (TPSA) is 69.7 Å². The molecular weight excluding hydrogens is 417 g/mol. The summed E-state index contributed by atoms with van der Waals surface area (Å²) < 4.78 is 40.8. The van der Waals surface area contributed by atoms with Gasteiger partial charge in [-0.15, -0.1) is 0 Å². The zero-order chi connectivity index (χ0) is 21.2. The Kier molecular flexibility index (Phi) is 6.45. The fourth-order valence-corrected chi connectivity index (χ4v) is 4.58. The zero-order valence-electron chi connectivity index (χ0n) is 16.2. The number of halogens is 2. The first kappa shape index (κ1) is 21.5. The van der Waals surface area contributed by atoms with Gasteiger partial charge in [0.15, 0.2) is 0 Å². The maximum absolute atomic E-state index is 13.0. The summed E-state index contributed by atoms with van der Waals surface area (Å²) in [4.78, 5) is 16.7. The first-order valence-corrected chi connectivity index (χ1v) is 11.1. The molecule has 2 aromatic rings. The van der Waals surface area contributed by atoms with Crippen molar-refractivity contribution in [2.24, 2.45) is 0 Å². The predicted molar refractivity (Wildman–Crippen MR) is 111 cm³/mol. The maximum Gasteiger partial charge on any atom is 0.261 e. The van der Waals surface area contributed by atoms with Crippen LogP contribution in [-0.4, -0.2) is 57.4 Å². The van der Waals surface area contributed by atoms with Gasteiger partial charge in [0.1, 0.15) is 5.82 Å². The maximum atomic E-state index is 13.0. The lowest BCUT2D eigenvalue weighted by molar-refractivity contribution is 0.0635. The van der Waals surface area contributed by atoms with E-state index in [2.05, 4.69) is 9.62 Å². The molecule has 2 aromatic carbocycles. The third-order valence-corrected chi connectivity index (χ3v) is 6.70. The number of sulfonamides is 1. The number of likely N-dealkylation sites (N-methyl/N-ethyl adjacent to an activating group) is 1. The van der Waals surface area contributed by atoms with Crippen molar-refractivity contribution in [3.05, 3.63) is 58.9 Å². The minimum Gasteiger partial charge on any atom is -0.337 e. The first-order chi connectivity index (χ1) is 13.7. The Morgan fingerprint density at radius 2 is 1.90 bits per heavy atom. The SMILES string of the molecule is CN(C)C1CCCN(C(=O)c2cc(S(=O)(=O)Nc3ccc(F)cc3)ccc2Cl)C1. The lowest BCUT2D eigenvalue weighted by atomic mass is 10.0. The van der Waals surface area contributed by atoms with Crippen LogP contribution in [0, 0.1) is 5.82 Å². The Bertz CT molecular complexity index is 997. The number of carbonyl (C=O) groups is 1. The molecule has 0 spiro atoms. The van der Waals surface area contributed by atoms with Gasteiger partial charge in [-0.05, 0) is 69.4 Å². The van der Waals surface area contributed by atoms with Gasteiger partial charge < -0.3 is 9.80 Å². The summed E-state index contributed by atoms with van der Waals surface area (Å²) in [5, 5.41) is 0.197. The van der Waals surface area contributed by atoms with Crippen LogP contribution in [0.15, 0.2) is 47.4 Å². The highest BCUT2D eigenvalue weighted by atomic mass is 35.5. The van der Waals surface area contributed by atoms with Gasteiger partial charge in [0.25, 0.3) is 15.9 Å². The highest BCUT2D eigenvalue weighted by molar-refractivity contribution is 7.92. The number of hydrogen-bond acceptors (Lipinski definition) is 4. The molecule has 9 heteroatoms. The molecule has 1 amide bonds. The second-order valence-electron chi connectivity index (χ2n) is 7.26. The normalized spacial score (nSPS) is 17.4. The Morgan fingerprint density at radius 3 is 2.55 bits per heavy atom. The number of carbonyl (C=O) groups excluding carboxylic acids is 1. The van der Waals surface area contributed by atoms with Gasteiger partial charge in [0.05, 0.1) is 15.5 Å². The van der Waals surface area contributed by atoms with Crippen LogP contribution in [-0.2, 0) is 10.0 Å². The second-order valence-corrected chi connectivity index (χ2v) is 9.35. The van der Waals surface area contributed by atoms with Gasteiger partial charge >= 0.3 is 0 Å². The van der Waals surface area contributed by atoms with Crippen LogP contribution in [0.3, 0.4) is 0 Å². The molecular formula is C20H23ClFN3O3S.